The van der Waals surface area contributed by atoms with Crippen LogP contribution in [0.5, 0.6) is 5.75 Å². The van der Waals surface area contributed by atoms with Crippen molar-refractivity contribution in [2.75, 3.05) is 19.0 Å². The molecular formula is C20H16ClFN2O5. The second-order valence-corrected chi connectivity index (χ2v) is 6.29. The van der Waals surface area contributed by atoms with Gasteiger partial charge in [-0.3, -0.25) is 4.79 Å². The Morgan fingerprint density at radius 1 is 1.21 bits per heavy atom. The van der Waals surface area contributed by atoms with E-state index in [1.807, 2.05) is 0 Å². The zero-order valence-electron chi connectivity index (χ0n) is 15.5. The monoisotopic (exact) mass is 418 g/mol. The Kier molecular flexibility index (Phi) is 6.13. The van der Waals surface area contributed by atoms with E-state index in [1.165, 1.54) is 32.2 Å². The van der Waals surface area contributed by atoms with Gasteiger partial charge in [-0.15, -0.1) is 0 Å². The molecule has 0 saturated heterocycles. The molecule has 1 N–H and O–H groups in total. The Morgan fingerprint density at radius 3 is 2.69 bits per heavy atom. The van der Waals surface area contributed by atoms with E-state index in [4.69, 9.17) is 25.6 Å². The third-order valence-electron chi connectivity index (χ3n) is 3.98. The molecule has 0 saturated carbocycles. The molecule has 1 aromatic heterocycles. The minimum Gasteiger partial charge on any atom is -0.495 e. The number of rotatable bonds is 6. The van der Waals surface area contributed by atoms with Gasteiger partial charge in [-0.05, 0) is 31.2 Å². The van der Waals surface area contributed by atoms with Gasteiger partial charge in [0.05, 0.1) is 23.4 Å². The number of para-hydroxylation sites is 2. The van der Waals surface area contributed by atoms with Gasteiger partial charge >= 0.3 is 5.97 Å². The Morgan fingerprint density at radius 2 is 1.97 bits per heavy atom. The third kappa shape index (κ3) is 4.38. The molecular weight excluding hydrogens is 403 g/mol. The summed E-state index contributed by atoms with van der Waals surface area (Å²) in [4.78, 5) is 24.7. The number of amides is 1. The summed E-state index contributed by atoms with van der Waals surface area (Å²) in [6.07, 6.45) is 0. The summed E-state index contributed by atoms with van der Waals surface area (Å²) in [6.45, 7) is 0.892. The first-order chi connectivity index (χ1) is 13.9. The van der Waals surface area contributed by atoms with Crippen molar-refractivity contribution >= 4 is 29.2 Å². The van der Waals surface area contributed by atoms with Crippen molar-refractivity contribution in [3.8, 4) is 17.0 Å². The molecule has 0 unspecified atom stereocenters. The maximum absolute atomic E-state index is 14.2. The van der Waals surface area contributed by atoms with E-state index in [0.29, 0.717) is 11.4 Å². The lowest BCUT2D eigenvalue weighted by Gasteiger charge is -2.10. The predicted molar refractivity (Wildman–Crippen MR) is 104 cm³/mol. The van der Waals surface area contributed by atoms with Gasteiger partial charge < -0.3 is 19.3 Å². The topological polar surface area (TPSA) is 90.7 Å². The van der Waals surface area contributed by atoms with Gasteiger partial charge in [0, 0.05) is 0 Å². The zero-order chi connectivity index (χ0) is 21.0. The van der Waals surface area contributed by atoms with Crippen molar-refractivity contribution < 1.29 is 28.0 Å². The standard InChI is InChI=1S/C20H16ClFN2O5/c1-11-17(19(24-29-11)18-12(21)6-5-7-13(18)22)20(26)28-10-16(25)23-14-8-3-4-9-15(14)27-2/h3-9H,10H2,1-2H3,(H,23,25). The number of ether oxygens (including phenoxy) is 2. The molecule has 2 aromatic carbocycles. The first-order valence-corrected chi connectivity index (χ1v) is 8.80. The number of carbonyl (C=O) groups excluding carboxylic acids is 2. The summed E-state index contributed by atoms with van der Waals surface area (Å²) in [5.41, 5.74) is 0.135. The van der Waals surface area contributed by atoms with Gasteiger partial charge in [0.1, 0.15) is 28.6 Å². The van der Waals surface area contributed by atoms with E-state index in [1.54, 1.807) is 24.3 Å². The Balaban J connectivity index is 1.75. The molecule has 1 amide bonds. The normalized spacial score (nSPS) is 10.5. The van der Waals surface area contributed by atoms with Gasteiger partial charge in [-0.1, -0.05) is 35.0 Å². The molecule has 0 aliphatic carbocycles. The fraction of sp³-hybridized carbons (Fsp3) is 0.150. The minimum atomic E-state index is -0.895. The quantitative estimate of drug-likeness (QED) is 0.602. The number of nitrogens with zero attached hydrogens (tertiary/aromatic N) is 1. The molecule has 3 aromatic rings. The fourth-order valence-electron chi connectivity index (χ4n) is 2.64. The highest BCUT2D eigenvalue weighted by Crippen LogP contribution is 2.33. The second-order valence-electron chi connectivity index (χ2n) is 5.88. The minimum absolute atomic E-state index is 0.0567. The number of hydrogen-bond donors (Lipinski definition) is 1. The van der Waals surface area contributed by atoms with Crippen molar-refractivity contribution in [1.82, 2.24) is 5.16 Å². The molecule has 0 fully saturated rings. The summed E-state index contributed by atoms with van der Waals surface area (Å²) in [5, 5.41) is 6.37. The van der Waals surface area contributed by atoms with Crippen LogP contribution in [0.25, 0.3) is 11.3 Å². The van der Waals surface area contributed by atoms with Crippen LogP contribution in [0.3, 0.4) is 0 Å². The lowest BCUT2D eigenvalue weighted by Crippen LogP contribution is -2.21. The third-order valence-corrected chi connectivity index (χ3v) is 4.30. The molecule has 29 heavy (non-hydrogen) atoms. The number of anilines is 1. The Bertz CT molecular complexity index is 1050. The van der Waals surface area contributed by atoms with Crippen LogP contribution in [0.15, 0.2) is 47.0 Å². The van der Waals surface area contributed by atoms with Crippen molar-refractivity contribution in [2.45, 2.75) is 6.92 Å². The number of aromatic nitrogens is 1. The molecule has 0 bridgehead atoms. The van der Waals surface area contributed by atoms with Crippen LogP contribution in [0.4, 0.5) is 10.1 Å². The molecule has 0 atom stereocenters. The highest BCUT2D eigenvalue weighted by molar-refractivity contribution is 6.33. The summed E-state index contributed by atoms with van der Waals surface area (Å²) < 4.78 is 29.4. The van der Waals surface area contributed by atoms with E-state index >= 15 is 0 Å². The molecule has 150 valence electrons. The second kappa shape index (κ2) is 8.74. The van der Waals surface area contributed by atoms with Crippen LogP contribution < -0.4 is 10.1 Å². The van der Waals surface area contributed by atoms with Crippen LogP contribution >= 0.6 is 11.6 Å². The smallest absolute Gasteiger partial charge is 0.344 e. The van der Waals surface area contributed by atoms with Crippen molar-refractivity contribution in [3.63, 3.8) is 0 Å². The predicted octanol–water partition coefficient (Wildman–Crippen LogP) is 4.25. The number of benzene rings is 2. The first-order valence-electron chi connectivity index (χ1n) is 8.43. The van der Waals surface area contributed by atoms with Crippen molar-refractivity contribution in [1.29, 1.82) is 0 Å². The lowest BCUT2D eigenvalue weighted by molar-refractivity contribution is -0.119. The largest absolute Gasteiger partial charge is 0.495 e. The number of esters is 1. The van der Waals surface area contributed by atoms with Crippen LogP contribution in [0, 0.1) is 12.7 Å². The summed E-state index contributed by atoms with van der Waals surface area (Å²) in [6, 6.07) is 10.8. The number of methoxy groups -OCH3 is 1. The highest BCUT2D eigenvalue weighted by atomic mass is 35.5. The maximum atomic E-state index is 14.2. The van der Waals surface area contributed by atoms with Crippen LogP contribution in [0.2, 0.25) is 5.02 Å². The molecule has 3 rings (SSSR count). The van der Waals surface area contributed by atoms with E-state index < -0.39 is 24.3 Å². The van der Waals surface area contributed by atoms with Gasteiger partial charge in [-0.2, -0.15) is 0 Å². The zero-order valence-corrected chi connectivity index (χ0v) is 16.2. The highest BCUT2D eigenvalue weighted by Gasteiger charge is 2.27. The van der Waals surface area contributed by atoms with Crippen LogP contribution in [0.1, 0.15) is 16.1 Å². The van der Waals surface area contributed by atoms with E-state index in [9.17, 15) is 14.0 Å². The molecule has 1 heterocycles. The average molecular weight is 419 g/mol. The SMILES string of the molecule is COc1ccccc1NC(=O)COC(=O)c1c(-c2c(F)cccc2Cl)noc1C. The van der Waals surface area contributed by atoms with Crippen LogP contribution in [-0.2, 0) is 9.53 Å². The first kappa shape index (κ1) is 20.3. The maximum Gasteiger partial charge on any atom is 0.344 e. The van der Waals surface area contributed by atoms with E-state index in [-0.39, 0.29) is 27.6 Å². The number of halogens is 2. The molecule has 0 radical (unpaired) electrons. The van der Waals surface area contributed by atoms with E-state index in [2.05, 4.69) is 10.5 Å². The summed E-state index contributed by atoms with van der Waals surface area (Å²) in [5.74, 6) is -1.59. The molecule has 0 aliphatic heterocycles. The molecule has 7 nitrogen and oxygen atoms in total. The lowest BCUT2D eigenvalue weighted by atomic mass is 10.1. The van der Waals surface area contributed by atoms with Crippen LogP contribution in [-0.4, -0.2) is 30.7 Å². The van der Waals surface area contributed by atoms with Gasteiger partial charge in [0.25, 0.3) is 5.91 Å². The number of aryl methyl sites for hydroxylation is 1. The summed E-state index contributed by atoms with van der Waals surface area (Å²) in [7, 11) is 1.47. The number of nitrogens with one attached hydrogen (secondary N) is 1. The Labute approximate surface area is 170 Å². The summed E-state index contributed by atoms with van der Waals surface area (Å²) >= 11 is 6.05. The Hall–Kier alpha value is -3.39. The molecule has 9 heteroatoms. The van der Waals surface area contributed by atoms with Gasteiger partial charge in [0.2, 0.25) is 0 Å². The molecule has 0 aliphatic rings. The van der Waals surface area contributed by atoms with Crippen molar-refractivity contribution in [3.05, 3.63) is 64.6 Å². The fourth-order valence-corrected chi connectivity index (χ4v) is 2.90. The van der Waals surface area contributed by atoms with E-state index in [0.717, 1.165) is 0 Å². The van der Waals surface area contributed by atoms with Gasteiger partial charge in [-0.25, -0.2) is 9.18 Å². The molecule has 0 spiro atoms. The average Bonchev–Trinajstić information content (AvgIpc) is 3.07. The van der Waals surface area contributed by atoms with Crippen molar-refractivity contribution in [2.24, 2.45) is 0 Å². The van der Waals surface area contributed by atoms with Gasteiger partial charge in [0.15, 0.2) is 6.61 Å². The number of carbonyl (C=O) groups is 2. The number of hydrogen-bond acceptors (Lipinski definition) is 6.